The molecule has 0 radical (unpaired) electrons. The highest BCUT2D eigenvalue weighted by molar-refractivity contribution is 5.75. The van der Waals surface area contributed by atoms with Crippen molar-refractivity contribution in [2.75, 3.05) is 6.54 Å². The number of rotatable bonds is 3. The van der Waals surface area contributed by atoms with Gasteiger partial charge in [0.25, 0.3) is 0 Å². The van der Waals surface area contributed by atoms with Gasteiger partial charge in [0.15, 0.2) is 0 Å². The number of fused-ring (bicyclic) bond motifs is 1. The van der Waals surface area contributed by atoms with E-state index in [4.69, 9.17) is 0 Å². The molecule has 0 saturated carbocycles. The van der Waals surface area contributed by atoms with Crippen LogP contribution in [0.25, 0.3) is 11.3 Å². The van der Waals surface area contributed by atoms with Crippen molar-refractivity contribution < 1.29 is 4.79 Å². The van der Waals surface area contributed by atoms with Crippen LogP contribution in [0.4, 0.5) is 4.79 Å². The second-order valence-electron chi connectivity index (χ2n) is 6.17. The van der Waals surface area contributed by atoms with Crippen LogP contribution in [0.15, 0.2) is 42.6 Å². The van der Waals surface area contributed by atoms with Crippen molar-refractivity contribution in [3.8, 4) is 11.3 Å². The van der Waals surface area contributed by atoms with Crippen molar-refractivity contribution in [3.05, 3.63) is 59.5 Å². The third kappa shape index (κ3) is 3.00. The molecule has 7 nitrogen and oxygen atoms in total. The number of aryl methyl sites for hydroxylation is 1. The van der Waals surface area contributed by atoms with Gasteiger partial charge in [0.2, 0.25) is 0 Å². The molecular formula is C18H20N6O. The van der Waals surface area contributed by atoms with Crippen molar-refractivity contribution in [1.29, 1.82) is 0 Å². The highest BCUT2D eigenvalue weighted by atomic mass is 16.2. The molecular weight excluding hydrogens is 316 g/mol. The molecule has 128 valence electrons. The molecule has 0 atom stereocenters. The average Bonchev–Trinajstić information content (AvgIpc) is 3.25. The molecule has 0 unspecified atom stereocenters. The van der Waals surface area contributed by atoms with Crippen LogP contribution < -0.4 is 5.32 Å². The Morgan fingerprint density at radius 1 is 1.28 bits per heavy atom. The summed E-state index contributed by atoms with van der Waals surface area (Å²) < 4.78 is 1.76. The standard InChI is InChI=1S/C18H20N6O/c1-23-14(7-9-20-23)11-19-18(25)24-10-8-16-15(12-24)17(22-21-16)13-5-3-2-4-6-13/h2-7,9H,8,10-12H2,1H3,(H,19,25)(H,21,22). The van der Waals surface area contributed by atoms with Crippen molar-refractivity contribution >= 4 is 6.03 Å². The number of nitrogens with one attached hydrogen (secondary N) is 2. The number of hydrogen-bond acceptors (Lipinski definition) is 3. The summed E-state index contributed by atoms with van der Waals surface area (Å²) in [6.07, 6.45) is 2.51. The summed E-state index contributed by atoms with van der Waals surface area (Å²) in [5, 5.41) is 14.7. The van der Waals surface area contributed by atoms with Gasteiger partial charge in [0.1, 0.15) is 0 Å². The van der Waals surface area contributed by atoms with Gasteiger partial charge in [-0.1, -0.05) is 30.3 Å². The monoisotopic (exact) mass is 336 g/mol. The lowest BCUT2D eigenvalue weighted by Gasteiger charge is -2.27. The Labute approximate surface area is 145 Å². The molecule has 3 heterocycles. The Hall–Kier alpha value is -3.09. The first-order chi connectivity index (χ1) is 12.2. The summed E-state index contributed by atoms with van der Waals surface area (Å²) in [5.41, 5.74) is 5.19. The summed E-state index contributed by atoms with van der Waals surface area (Å²) in [7, 11) is 1.87. The molecule has 2 amide bonds. The number of nitrogens with zero attached hydrogens (tertiary/aromatic N) is 4. The third-order valence-electron chi connectivity index (χ3n) is 4.61. The molecule has 0 aliphatic carbocycles. The van der Waals surface area contributed by atoms with Gasteiger partial charge in [0.05, 0.1) is 24.5 Å². The van der Waals surface area contributed by atoms with Crippen LogP contribution in [0.2, 0.25) is 0 Å². The SMILES string of the molecule is Cn1nccc1CNC(=O)N1CCc2[nH]nc(-c3ccccc3)c2C1. The van der Waals surface area contributed by atoms with E-state index in [9.17, 15) is 4.79 Å². The van der Waals surface area contributed by atoms with Gasteiger partial charge >= 0.3 is 6.03 Å². The molecule has 2 N–H and O–H groups in total. The summed E-state index contributed by atoms with van der Waals surface area (Å²) in [5.74, 6) is 0. The van der Waals surface area contributed by atoms with E-state index >= 15 is 0 Å². The maximum absolute atomic E-state index is 12.5. The number of urea groups is 1. The topological polar surface area (TPSA) is 78.8 Å². The number of aromatic amines is 1. The minimum absolute atomic E-state index is 0.0629. The second-order valence-corrected chi connectivity index (χ2v) is 6.17. The molecule has 1 aliphatic rings. The van der Waals surface area contributed by atoms with Gasteiger partial charge in [-0.25, -0.2) is 4.79 Å². The van der Waals surface area contributed by atoms with E-state index in [0.717, 1.165) is 34.6 Å². The molecule has 0 saturated heterocycles. The van der Waals surface area contributed by atoms with Crippen molar-refractivity contribution in [1.82, 2.24) is 30.2 Å². The van der Waals surface area contributed by atoms with E-state index in [1.807, 2.05) is 48.3 Å². The normalized spacial score (nSPS) is 13.6. The fraction of sp³-hybridized carbons (Fsp3) is 0.278. The summed E-state index contributed by atoms with van der Waals surface area (Å²) >= 11 is 0. The highest BCUT2D eigenvalue weighted by Gasteiger charge is 2.25. The Bertz CT molecular complexity index is 882. The average molecular weight is 336 g/mol. The van der Waals surface area contributed by atoms with Crippen LogP contribution in [-0.4, -0.2) is 37.5 Å². The largest absolute Gasteiger partial charge is 0.332 e. The zero-order chi connectivity index (χ0) is 17.2. The second kappa shape index (κ2) is 6.43. The van der Waals surface area contributed by atoms with E-state index in [1.165, 1.54) is 0 Å². The number of carbonyl (C=O) groups is 1. The van der Waals surface area contributed by atoms with Gasteiger partial charge in [-0.3, -0.25) is 9.78 Å². The van der Waals surface area contributed by atoms with Crippen LogP contribution in [0.5, 0.6) is 0 Å². The summed E-state index contributed by atoms with van der Waals surface area (Å²) in [4.78, 5) is 14.4. The lowest BCUT2D eigenvalue weighted by Crippen LogP contribution is -2.42. The highest BCUT2D eigenvalue weighted by Crippen LogP contribution is 2.28. The minimum atomic E-state index is -0.0629. The molecule has 0 fully saturated rings. The van der Waals surface area contributed by atoms with E-state index in [0.29, 0.717) is 19.6 Å². The quantitative estimate of drug-likeness (QED) is 0.768. The van der Waals surface area contributed by atoms with E-state index in [2.05, 4.69) is 20.6 Å². The maximum Gasteiger partial charge on any atom is 0.318 e. The number of carbonyl (C=O) groups excluding carboxylic acids is 1. The maximum atomic E-state index is 12.5. The van der Waals surface area contributed by atoms with Gasteiger partial charge in [-0.2, -0.15) is 10.2 Å². The van der Waals surface area contributed by atoms with E-state index in [-0.39, 0.29) is 6.03 Å². The molecule has 1 aromatic carbocycles. The molecule has 1 aliphatic heterocycles. The number of amides is 2. The van der Waals surface area contributed by atoms with Crippen molar-refractivity contribution in [3.63, 3.8) is 0 Å². The van der Waals surface area contributed by atoms with Gasteiger partial charge in [-0.15, -0.1) is 0 Å². The lowest BCUT2D eigenvalue weighted by molar-refractivity contribution is 0.191. The Kier molecular flexibility index (Phi) is 3.97. The van der Waals surface area contributed by atoms with E-state index in [1.54, 1.807) is 10.9 Å². The molecule has 7 heteroatoms. The molecule has 0 bridgehead atoms. The predicted octanol–water partition coefficient (Wildman–Crippen LogP) is 2.08. The van der Waals surface area contributed by atoms with Crippen LogP contribution in [0.1, 0.15) is 17.0 Å². The molecule has 2 aromatic heterocycles. The fourth-order valence-corrected chi connectivity index (χ4v) is 3.16. The van der Waals surface area contributed by atoms with E-state index < -0.39 is 0 Å². The molecule has 25 heavy (non-hydrogen) atoms. The van der Waals surface area contributed by atoms with Crippen LogP contribution in [0, 0.1) is 0 Å². The molecule has 4 rings (SSSR count). The van der Waals surface area contributed by atoms with Crippen molar-refractivity contribution in [2.45, 2.75) is 19.5 Å². The Morgan fingerprint density at radius 3 is 2.88 bits per heavy atom. The first-order valence-corrected chi connectivity index (χ1v) is 8.33. The van der Waals surface area contributed by atoms with Crippen LogP contribution in [0.3, 0.4) is 0 Å². The summed E-state index contributed by atoms with van der Waals surface area (Å²) in [6.45, 7) is 1.71. The molecule has 0 spiro atoms. The smallest absolute Gasteiger partial charge is 0.318 e. The zero-order valence-corrected chi connectivity index (χ0v) is 14.1. The predicted molar refractivity (Wildman–Crippen MR) is 93.6 cm³/mol. The summed E-state index contributed by atoms with van der Waals surface area (Å²) in [6, 6.07) is 11.9. The Balaban J connectivity index is 1.48. The first-order valence-electron chi connectivity index (χ1n) is 8.33. The van der Waals surface area contributed by atoms with Crippen LogP contribution >= 0.6 is 0 Å². The van der Waals surface area contributed by atoms with Crippen LogP contribution in [-0.2, 0) is 26.6 Å². The third-order valence-corrected chi connectivity index (χ3v) is 4.61. The number of benzene rings is 1. The Morgan fingerprint density at radius 2 is 2.12 bits per heavy atom. The first kappa shape index (κ1) is 15.4. The van der Waals surface area contributed by atoms with Gasteiger partial charge in [-0.05, 0) is 6.07 Å². The van der Waals surface area contributed by atoms with Gasteiger partial charge < -0.3 is 10.2 Å². The minimum Gasteiger partial charge on any atom is -0.332 e. The number of H-pyrrole nitrogens is 1. The fourth-order valence-electron chi connectivity index (χ4n) is 3.16. The lowest BCUT2D eigenvalue weighted by atomic mass is 10.0. The molecule has 3 aromatic rings. The van der Waals surface area contributed by atoms with Crippen molar-refractivity contribution in [2.24, 2.45) is 7.05 Å². The van der Waals surface area contributed by atoms with Gasteiger partial charge in [0, 0.05) is 43.0 Å². The number of aromatic nitrogens is 4. The number of hydrogen-bond donors (Lipinski definition) is 2. The zero-order valence-electron chi connectivity index (χ0n) is 14.1.